The van der Waals surface area contributed by atoms with Crippen molar-refractivity contribution in [2.45, 2.75) is 24.5 Å². The number of carbonyl (C=O) groups excluding carboxylic acids is 3. The SMILES string of the molecule is COC(=O)CCSC(CCc1ccccc1C(=O)OC)c1cccc(C=O)c1. The molecule has 0 heterocycles. The summed E-state index contributed by atoms with van der Waals surface area (Å²) in [5.74, 6) is 0.0128. The van der Waals surface area contributed by atoms with Gasteiger partial charge in [0.1, 0.15) is 6.29 Å². The summed E-state index contributed by atoms with van der Waals surface area (Å²) in [5, 5.41) is 0.0789. The first-order valence-corrected chi connectivity index (χ1v) is 10.0. The highest BCUT2D eigenvalue weighted by Gasteiger charge is 2.17. The van der Waals surface area contributed by atoms with Gasteiger partial charge in [-0.2, -0.15) is 11.8 Å². The number of carbonyl (C=O) groups is 3. The van der Waals surface area contributed by atoms with Gasteiger partial charge in [-0.15, -0.1) is 0 Å². The second-order valence-corrected chi connectivity index (χ2v) is 7.47. The number of rotatable bonds is 10. The Labute approximate surface area is 169 Å². The zero-order valence-electron chi connectivity index (χ0n) is 16.1. The third-order valence-electron chi connectivity index (χ3n) is 4.37. The molecule has 0 saturated heterocycles. The molecule has 5 nitrogen and oxygen atoms in total. The van der Waals surface area contributed by atoms with Crippen LogP contribution in [0.1, 0.15) is 49.9 Å². The van der Waals surface area contributed by atoms with Crippen molar-refractivity contribution in [1.82, 2.24) is 0 Å². The van der Waals surface area contributed by atoms with Crippen molar-refractivity contribution in [3.63, 3.8) is 0 Å². The highest BCUT2D eigenvalue weighted by atomic mass is 32.2. The second kappa shape index (κ2) is 11.3. The molecule has 1 atom stereocenters. The standard InChI is InChI=1S/C22H24O5S/c1-26-21(24)12-13-28-20(18-8-5-6-16(14-18)15-23)11-10-17-7-3-4-9-19(17)22(25)27-2/h3-9,14-15,20H,10-13H2,1-2H3. The van der Waals surface area contributed by atoms with Gasteiger partial charge in [0.05, 0.1) is 26.2 Å². The van der Waals surface area contributed by atoms with Gasteiger partial charge in [-0.3, -0.25) is 9.59 Å². The van der Waals surface area contributed by atoms with Gasteiger partial charge in [0.2, 0.25) is 0 Å². The molecule has 28 heavy (non-hydrogen) atoms. The van der Waals surface area contributed by atoms with E-state index in [2.05, 4.69) is 0 Å². The van der Waals surface area contributed by atoms with E-state index < -0.39 is 0 Å². The van der Waals surface area contributed by atoms with E-state index in [1.54, 1.807) is 23.9 Å². The van der Waals surface area contributed by atoms with Gasteiger partial charge < -0.3 is 9.47 Å². The molecule has 2 rings (SSSR count). The van der Waals surface area contributed by atoms with Crippen molar-refractivity contribution in [3.05, 3.63) is 70.8 Å². The summed E-state index contributed by atoms with van der Waals surface area (Å²) in [5.41, 5.74) is 3.12. The van der Waals surface area contributed by atoms with Crippen LogP contribution < -0.4 is 0 Å². The maximum atomic E-state index is 12.0. The van der Waals surface area contributed by atoms with E-state index in [0.29, 0.717) is 29.7 Å². The first-order valence-electron chi connectivity index (χ1n) is 8.98. The molecule has 2 aromatic rings. The number of hydrogen-bond acceptors (Lipinski definition) is 6. The molecule has 0 aromatic heterocycles. The molecule has 0 spiro atoms. The molecule has 0 fully saturated rings. The molecule has 6 heteroatoms. The van der Waals surface area contributed by atoms with Gasteiger partial charge in [-0.1, -0.05) is 36.4 Å². The largest absolute Gasteiger partial charge is 0.469 e. The number of aldehydes is 1. The summed E-state index contributed by atoms with van der Waals surface area (Å²) in [4.78, 5) is 34.6. The number of hydrogen-bond donors (Lipinski definition) is 0. The van der Waals surface area contributed by atoms with Crippen LogP contribution in [0, 0.1) is 0 Å². The van der Waals surface area contributed by atoms with Crippen molar-refractivity contribution in [2.24, 2.45) is 0 Å². The van der Waals surface area contributed by atoms with Crippen LogP contribution in [-0.4, -0.2) is 38.2 Å². The summed E-state index contributed by atoms with van der Waals surface area (Å²) < 4.78 is 9.58. The van der Waals surface area contributed by atoms with Gasteiger partial charge in [-0.25, -0.2) is 4.79 Å². The number of thioether (sulfide) groups is 1. The fourth-order valence-corrected chi connectivity index (χ4v) is 4.09. The number of benzene rings is 2. The fraction of sp³-hybridized carbons (Fsp3) is 0.318. The predicted octanol–water partition coefficient (Wildman–Crippen LogP) is 4.26. The molecular formula is C22H24O5S. The zero-order valence-corrected chi connectivity index (χ0v) is 16.9. The zero-order chi connectivity index (χ0) is 20.4. The first kappa shape index (κ1) is 21.7. The molecule has 2 aromatic carbocycles. The summed E-state index contributed by atoms with van der Waals surface area (Å²) >= 11 is 1.64. The quantitative estimate of drug-likeness (QED) is 0.438. The lowest BCUT2D eigenvalue weighted by molar-refractivity contribution is -0.140. The van der Waals surface area contributed by atoms with Gasteiger partial charge in [0.15, 0.2) is 0 Å². The Morgan fingerprint density at radius 3 is 2.57 bits per heavy atom. The van der Waals surface area contributed by atoms with E-state index in [0.717, 1.165) is 23.8 Å². The van der Waals surface area contributed by atoms with Crippen molar-refractivity contribution in [3.8, 4) is 0 Å². The normalized spacial score (nSPS) is 11.5. The minimum absolute atomic E-state index is 0.0789. The molecule has 0 aliphatic rings. The van der Waals surface area contributed by atoms with Crippen molar-refractivity contribution >= 4 is 30.0 Å². The van der Waals surface area contributed by atoms with Gasteiger partial charge in [0.25, 0.3) is 0 Å². The Morgan fingerprint density at radius 1 is 1.07 bits per heavy atom. The van der Waals surface area contributed by atoms with Crippen molar-refractivity contribution in [2.75, 3.05) is 20.0 Å². The van der Waals surface area contributed by atoms with Crippen molar-refractivity contribution in [1.29, 1.82) is 0 Å². The number of esters is 2. The van der Waals surface area contributed by atoms with Gasteiger partial charge in [-0.05, 0) is 36.1 Å². The molecule has 0 radical (unpaired) electrons. The maximum absolute atomic E-state index is 12.0. The Morgan fingerprint density at radius 2 is 1.86 bits per heavy atom. The molecule has 148 valence electrons. The molecule has 0 bridgehead atoms. The molecule has 0 N–H and O–H groups in total. The molecule has 0 aliphatic carbocycles. The topological polar surface area (TPSA) is 69.7 Å². The van der Waals surface area contributed by atoms with E-state index >= 15 is 0 Å². The summed E-state index contributed by atoms with van der Waals surface area (Å²) in [7, 11) is 2.75. The fourth-order valence-electron chi connectivity index (χ4n) is 2.90. The van der Waals surface area contributed by atoms with E-state index in [-0.39, 0.29) is 17.2 Å². The number of methoxy groups -OCH3 is 2. The third-order valence-corrected chi connectivity index (χ3v) is 5.72. The summed E-state index contributed by atoms with van der Waals surface area (Å²) in [6, 6.07) is 14.9. The smallest absolute Gasteiger partial charge is 0.338 e. The van der Waals surface area contributed by atoms with Crippen LogP contribution in [-0.2, 0) is 20.7 Å². The molecule has 0 aliphatic heterocycles. The monoisotopic (exact) mass is 400 g/mol. The molecular weight excluding hydrogens is 376 g/mol. The average Bonchev–Trinajstić information content (AvgIpc) is 2.75. The molecule has 0 amide bonds. The second-order valence-electron chi connectivity index (χ2n) is 6.16. The van der Waals surface area contributed by atoms with E-state index in [1.807, 2.05) is 36.4 Å². The minimum Gasteiger partial charge on any atom is -0.469 e. The lowest BCUT2D eigenvalue weighted by atomic mass is 9.99. The van der Waals surface area contributed by atoms with Gasteiger partial charge >= 0.3 is 11.9 Å². The first-order chi connectivity index (χ1) is 13.6. The van der Waals surface area contributed by atoms with Crippen LogP contribution in [0.4, 0.5) is 0 Å². The maximum Gasteiger partial charge on any atom is 0.338 e. The summed E-state index contributed by atoms with van der Waals surface area (Å²) in [6.07, 6.45) is 2.57. The number of aryl methyl sites for hydroxylation is 1. The average molecular weight is 400 g/mol. The minimum atomic E-state index is -0.353. The Kier molecular flexibility index (Phi) is 8.75. The summed E-state index contributed by atoms with van der Waals surface area (Å²) in [6.45, 7) is 0. The molecule has 1 unspecified atom stereocenters. The van der Waals surface area contributed by atoms with Crippen molar-refractivity contribution < 1.29 is 23.9 Å². The lowest BCUT2D eigenvalue weighted by Crippen LogP contribution is -2.08. The van der Waals surface area contributed by atoms with Crippen LogP contribution in [0.3, 0.4) is 0 Å². The predicted molar refractivity (Wildman–Crippen MR) is 110 cm³/mol. The van der Waals surface area contributed by atoms with E-state index in [1.165, 1.54) is 14.2 Å². The van der Waals surface area contributed by atoms with E-state index in [9.17, 15) is 14.4 Å². The van der Waals surface area contributed by atoms with Gasteiger partial charge in [0, 0.05) is 16.6 Å². The number of ether oxygens (including phenoxy) is 2. The Hall–Kier alpha value is -2.60. The molecule has 0 saturated carbocycles. The lowest BCUT2D eigenvalue weighted by Gasteiger charge is -2.18. The van der Waals surface area contributed by atoms with Crippen LogP contribution in [0.2, 0.25) is 0 Å². The van der Waals surface area contributed by atoms with E-state index in [4.69, 9.17) is 9.47 Å². The Balaban J connectivity index is 2.16. The highest BCUT2D eigenvalue weighted by molar-refractivity contribution is 7.99. The highest BCUT2D eigenvalue weighted by Crippen LogP contribution is 2.34. The van der Waals surface area contributed by atoms with Crippen LogP contribution in [0.15, 0.2) is 48.5 Å². The van der Waals surface area contributed by atoms with Crippen LogP contribution >= 0.6 is 11.8 Å². The van der Waals surface area contributed by atoms with Crippen LogP contribution in [0.5, 0.6) is 0 Å². The van der Waals surface area contributed by atoms with Crippen LogP contribution in [0.25, 0.3) is 0 Å². The third kappa shape index (κ3) is 6.23. The Bertz CT molecular complexity index is 818.